The summed E-state index contributed by atoms with van der Waals surface area (Å²) < 4.78 is 0. The molecule has 16 heavy (non-hydrogen) atoms. The Labute approximate surface area is 100 Å². The summed E-state index contributed by atoms with van der Waals surface area (Å²) in [4.78, 5) is 8.32. The van der Waals surface area contributed by atoms with Gasteiger partial charge in [-0.15, -0.1) is 0 Å². The average molecular weight is 233 g/mol. The first kappa shape index (κ1) is 11.1. The molecule has 0 fully saturated rings. The molecule has 0 unspecified atom stereocenters. The van der Waals surface area contributed by atoms with Crippen LogP contribution in [-0.4, -0.2) is 9.97 Å². The zero-order valence-electron chi connectivity index (χ0n) is 9.37. The Balaban J connectivity index is 2.55. The van der Waals surface area contributed by atoms with Crippen molar-refractivity contribution in [1.29, 1.82) is 0 Å². The fourth-order valence-corrected chi connectivity index (χ4v) is 1.93. The van der Waals surface area contributed by atoms with Crippen LogP contribution in [0.2, 0.25) is 5.15 Å². The zero-order chi connectivity index (χ0) is 11.5. The number of aromatic nitrogens is 2. The molecule has 0 radical (unpaired) electrons. The highest BCUT2D eigenvalue weighted by atomic mass is 35.5. The summed E-state index contributed by atoms with van der Waals surface area (Å²) in [7, 11) is 0. The quantitative estimate of drug-likeness (QED) is 0.739. The van der Waals surface area contributed by atoms with Crippen LogP contribution in [0.15, 0.2) is 30.6 Å². The Kier molecular flexibility index (Phi) is 3.20. The van der Waals surface area contributed by atoms with Gasteiger partial charge in [-0.3, -0.25) is 0 Å². The van der Waals surface area contributed by atoms with E-state index in [1.54, 1.807) is 0 Å². The van der Waals surface area contributed by atoms with E-state index in [1.165, 1.54) is 11.9 Å². The van der Waals surface area contributed by atoms with Crippen LogP contribution in [0.25, 0.3) is 11.3 Å². The summed E-state index contributed by atoms with van der Waals surface area (Å²) >= 11 is 6.06. The maximum atomic E-state index is 6.06. The monoisotopic (exact) mass is 232 g/mol. The van der Waals surface area contributed by atoms with Crippen molar-refractivity contribution < 1.29 is 0 Å². The van der Waals surface area contributed by atoms with Crippen LogP contribution in [0.1, 0.15) is 18.1 Å². The van der Waals surface area contributed by atoms with E-state index in [0.717, 1.165) is 23.2 Å². The van der Waals surface area contributed by atoms with E-state index in [0.29, 0.717) is 5.15 Å². The summed E-state index contributed by atoms with van der Waals surface area (Å²) in [6, 6.07) is 8.27. The van der Waals surface area contributed by atoms with Crippen molar-refractivity contribution in [3.8, 4) is 11.3 Å². The van der Waals surface area contributed by atoms with Gasteiger partial charge in [-0.1, -0.05) is 48.4 Å². The van der Waals surface area contributed by atoms with Crippen LogP contribution in [0.5, 0.6) is 0 Å². The van der Waals surface area contributed by atoms with Crippen LogP contribution >= 0.6 is 11.6 Å². The van der Waals surface area contributed by atoms with Crippen molar-refractivity contribution in [3.63, 3.8) is 0 Å². The zero-order valence-corrected chi connectivity index (χ0v) is 10.1. The van der Waals surface area contributed by atoms with Gasteiger partial charge in [0.2, 0.25) is 0 Å². The number of hydrogen-bond acceptors (Lipinski definition) is 2. The molecular formula is C13H13ClN2. The van der Waals surface area contributed by atoms with Gasteiger partial charge in [-0.2, -0.15) is 0 Å². The Morgan fingerprint density at radius 2 is 1.81 bits per heavy atom. The molecule has 82 valence electrons. The smallest absolute Gasteiger partial charge is 0.136 e. The first-order valence-corrected chi connectivity index (χ1v) is 5.66. The Morgan fingerprint density at radius 1 is 1.12 bits per heavy atom. The minimum atomic E-state index is 0.549. The molecular weight excluding hydrogens is 220 g/mol. The van der Waals surface area contributed by atoms with Gasteiger partial charge in [0.15, 0.2) is 0 Å². The van der Waals surface area contributed by atoms with Crippen LogP contribution in [0, 0.1) is 6.92 Å². The predicted molar refractivity (Wildman–Crippen MR) is 66.6 cm³/mol. The van der Waals surface area contributed by atoms with E-state index < -0.39 is 0 Å². The van der Waals surface area contributed by atoms with E-state index in [1.807, 2.05) is 0 Å². The van der Waals surface area contributed by atoms with E-state index in [2.05, 4.69) is 48.1 Å². The summed E-state index contributed by atoms with van der Waals surface area (Å²) in [6.45, 7) is 4.12. The predicted octanol–water partition coefficient (Wildman–Crippen LogP) is 3.67. The highest BCUT2D eigenvalue weighted by molar-refractivity contribution is 6.30. The van der Waals surface area contributed by atoms with Gasteiger partial charge in [0.05, 0.1) is 5.69 Å². The first-order valence-electron chi connectivity index (χ1n) is 5.28. The fourth-order valence-electron chi connectivity index (χ4n) is 1.66. The summed E-state index contributed by atoms with van der Waals surface area (Å²) in [5.41, 5.74) is 4.27. The second-order valence-electron chi connectivity index (χ2n) is 3.71. The lowest BCUT2D eigenvalue weighted by atomic mass is 10.0. The van der Waals surface area contributed by atoms with Crippen molar-refractivity contribution in [2.24, 2.45) is 0 Å². The van der Waals surface area contributed by atoms with Gasteiger partial charge in [0.1, 0.15) is 11.5 Å². The number of rotatable bonds is 2. The Hall–Kier alpha value is -1.41. The largest absolute Gasteiger partial charge is 0.236 e. The molecule has 1 heterocycles. The van der Waals surface area contributed by atoms with E-state index in [4.69, 9.17) is 11.6 Å². The van der Waals surface area contributed by atoms with Crippen molar-refractivity contribution in [2.45, 2.75) is 20.3 Å². The second-order valence-corrected chi connectivity index (χ2v) is 4.07. The SMILES string of the molecule is CCc1c(Cl)ncnc1-c1ccc(C)cc1. The van der Waals surface area contributed by atoms with Gasteiger partial charge >= 0.3 is 0 Å². The molecule has 2 rings (SSSR count). The molecule has 0 bridgehead atoms. The molecule has 2 aromatic rings. The fraction of sp³-hybridized carbons (Fsp3) is 0.231. The highest BCUT2D eigenvalue weighted by Gasteiger charge is 2.09. The molecule has 0 saturated heterocycles. The van der Waals surface area contributed by atoms with Crippen LogP contribution in [0.3, 0.4) is 0 Å². The van der Waals surface area contributed by atoms with Gasteiger partial charge in [0, 0.05) is 11.1 Å². The molecule has 0 atom stereocenters. The number of benzene rings is 1. The first-order chi connectivity index (χ1) is 7.72. The van der Waals surface area contributed by atoms with E-state index in [9.17, 15) is 0 Å². The van der Waals surface area contributed by atoms with Crippen molar-refractivity contribution in [1.82, 2.24) is 9.97 Å². The third kappa shape index (κ3) is 2.07. The molecule has 0 aliphatic carbocycles. The van der Waals surface area contributed by atoms with E-state index in [-0.39, 0.29) is 0 Å². The van der Waals surface area contributed by atoms with Crippen molar-refractivity contribution in [3.05, 3.63) is 46.9 Å². The van der Waals surface area contributed by atoms with Crippen LogP contribution < -0.4 is 0 Å². The van der Waals surface area contributed by atoms with Crippen LogP contribution in [-0.2, 0) is 6.42 Å². The molecule has 1 aromatic carbocycles. The minimum Gasteiger partial charge on any atom is -0.236 e. The van der Waals surface area contributed by atoms with Gasteiger partial charge in [0.25, 0.3) is 0 Å². The van der Waals surface area contributed by atoms with Crippen LogP contribution in [0.4, 0.5) is 0 Å². The van der Waals surface area contributed by atoms with Crippen molar-refractivity contribution >= 4 is 11.6 Å². The molecule has 0 saturated carbocycles. The third-order valence-electron chi connectivity index (χ3n) is 2.57. The molecule has 0 amide bonds. The number of aryl methyl sites for hydroxylation is 1. The van der Waals surface area contributed by atoms with Gasteiger partial charge < -0.3 is 0 Å². The standard InChI is InChI=1S/C13H13ClN2/c1-3-11-12(15-8-16-13(11)14)10-6-4-9(2)5-7-10/h4-8H,3H2,1-2H3. The number of hydrogen-bond donors (Lipinski definition) is 0. The Morgan fingerprint density at radius 3 is 2.44 bits per heavy atom. The topological polar surface area (TPSA) is 25.8 Å². The van der Waals surface area contributed by atoms with Gasteiger partial charge in [-0.25, -0.2) is 9.97 Å². The molecule has 1 aromatic heterocycles. The summed E-state index contributed by atoms with van der Waals surface area (Å²) in [5.74, 6) is 0. The average Bonchev–Trinajstić information content (AvgIpc) is 2.30. The second kappa shape index (κ2) is 4.62. The lowest BCUT2D eigenvalue weighted by Gasteiger charge is -2.07. The normalized spacial score (nSPS) is 10.4. The molecule has 2 nitrogen and oxygen atoms in total. The molecule has 0 aliphatic heterocycles. The molecule has 0 spiro atoms. The molecule has 0 aliphatic rings. The molecule has 3 heteroatoms. The maximum Gasteiger partial charge on any atom is 0.136 e. The summed E-state index contributed by atoms with van der Waals surface area (Å²) in [6.07, 6.45) is 2.35. The van der Waals surface area contributed by atoms with E-state index >= 15 is 0 Å². The highest BCUT2D eigenvalue weighted by Crippen LogP contribution is 2.25. The number of halogens is 1. The molecule has 0 N–H and O–H groups in total. The lowest BCUT2D eigenvalue weighted by Crippen LogP contribution is -1.95. The number of nitrogens with zero attached hydrogens (tertiary/aromatic N) is 2. The minimum absolute atomic E-state index is 0.549. The maximum absolute atomic E-state index is 6.06. The Bertz CT molecular complexity index is 492. The van der Waals surface area contributed by atoms with Crippen molar-refractivity contribution in [2.75, 3.05) is 0 Å². The lowest BCUT2D eigenvalue weighted by molar-refractivity contribution is 1.05. The summed E-state index contributed by atoms with van der Waals surface area (Å²) in [5, 5.41) is 0.549. The van der Waals surface area contributed by atoms with Gasteiger partial charge in [-0.05, 0) is 13.3 Å². The third-order valence-corrected chi connectivity index (χ3v) is 2.90.